The molecule has 100 valence electrons. The molecule has 0 aliphatic carbocycles. The van der Waals surface area contributed by atoms with Gasteiger partial charge in [0.1, 0.15) is 10.6 Å². The lowest BCUT2D eigenvalue weighted by Gasteiger charge is -2.08. The predicted molar refractivity (Wildman–Crippen MR) is 65.6 cm³/mol. The Bertz CT molecular complexity index is 658. The van der Waals surface area contributed by atoms with E-state index in [9.17, 15) is 13.2 Å². The van der Waals surface area contributed by atoms with Crippen LogP contribution in [-0.4, -0.2) is 26.6 Å². The van der Waals surface area contributed by atoms with Crippen LogP contribution in [0.2, 0.25) is 0 Å². The Kier molecular flexibility index (Phi) is 4.50. The maximum atomic E-state index is 11.7. The van der Waals surface area contributed by atoms with Crippen LogP contribution in [0, 0.1) is 11.5 Å². The minimum atomic E-state index is -4.03. The van der Waals surface area contributed by atoms with E-state index in [4.69, 9.17) is 15.1 Å². The number of sulfonamides is 1. The molecule has 0 saturated carbocycles. The number of aliphatic carboxylic acids is 1. The molecule has 0 aliphatic rings. The Labute approximate surface area is 109 Å². The molecule has 2 N–H and O–H groups in total. The zero-order chi connectivity index (χ0) is 14.5. The summed E-state index contributed by atoms with van der Waals surface area (Å²) in [6, 6.07) is 4.06. The number of ether oxygens (including phenoxy) is 1. The molecule has 0 fully saturated rings. The number of carboxylic acids is 1. The highest BCUT2D eigenvalue weighted by Gasteiger charge is 2.19. The van der Waals surface area contributed by atoms with Gasteiger partial charge in [-0.15, -0.1) is 0 Å². The number of nitriles is 1. The van der Waals surface area contributed by atoms with Crippen molar-refractivity contribution >= 4 is 22.1 Å². The molecule has 1 aromatic rings. The van der Waals surface area contributed by atoms with Gasteiger partial charge < -0.3 is 9.84 Å². The molecule has 0 aromatic heterocycles. The first-order chi connectivity index (χ1) is 8.90. The number of hydrogen-bond acceptors (Lipinski definition) is 5. The zero-order valence-electron chi connectivity index (χ0n) is 9.82. The lowest BCUT2D eigenvalue weighted by molar-refractivity contribution is -0.131. The fraction of sp³-hybridized carbons (Fsp3) is 0.0909. The number of methoxy groups -OCH3 is 1. The summed E-state index contributed by atoms with van der Waals surface area (Å²) in [4.78, 5) is 10.1. The van der Waals surface area contributed by atoms with Crippen molar-refractivity contribution in [3.05, 3.63) is 29.8 Å². The number of carbonyl (C=O) groups is 1. The standard InChI is InChI=1S/C11H10N2O5S/c1-18-9-4-2-8(3-5-11(14)15)6-10(9)19(16,17)13-7-12/h2-6,13H,1H3,(H,14,15). The number of rotatable bonds is 5. The average Bonchev–Trinajstić information content (AvgIpc) is 2.36. The van der Waals surface area contributed by atoms with E-state index in [2.05, 4.69) is 0 Å². The quantitative estimate of drug-likeness (QED) is 0.463. The van der Waals surface area contributed by atoms with Gasteiger partial charge in [0, 0.05) is 6.08 Å². The van der Waals surface area contributed by atoms with Crippen molar-refractivity contribution in [3.8, 4) is 11.9 Å². The van der Waals surface area contributed by atoms with Gasteiger partial charge in [0.25, 0.3) is 10.0 Å². The van der Waals surface area contributed by atoms with Crippen molar-refractivity contribution in [1.29, 1.82) is 5.26 Å². The Morgan fingerprint density at radius 2 is 2.21 bits per heavy atom. The highest BCUT2D eigenvalue weighted by Crippen LogP contribution is 2.25. The molecule has 0 unspecified atom stereocenters. The molecule has 1 aromatic carbocycles. The topological polar surface area (TPSA) is 116 Å². The summed E-state index contributed by atoms with van der Waals surface area (Å²) in [6.07, 6.45) is 3.42. The van der Waals surface area contributed by atoms with E-state index in [1.807, 2.05) is 0 Å². The van der Waals surface area contributed by atoms with E-state index < -0.39 is 16.0 Å². The van der Waals surface area contributed by atoms with Crippen LogP contribution in [0.5, 0.6) is 5.75 Å². The van der Waals surface area contributed by atoms with Crippen molar-refractivity contribution in [2.75, 3.05) is 7.11 Å². The highest BCUT2D eigenvalue weighted by atomic mass is 32.2. The van der Waals surface area contributed by atoms with E-state index in [0.29, 0.717) is 5.56 Å². The Hall–Kier alpha value is -2.53. The Balaban J connectivity index is 3.33. The predicted octanol–water partition coefficient (Wildman–Crippen LogP) is 0.552. The van der Waals surface area contributed by atoms with Crippen molar-refractivity contribution < 1.29 is 23.1 Å². The minimum absolute atomic E-state index is 0.0511. The number of carboxylic acid groups (broad SMARTS) is 1. The normalized spacial score (nSPS) is 10.9. The molecule has 1 rings (SSSR count). The van der Waals surface area contributed by atoms with Crippen molar-refractivity contribution in [3.63, 3.8) is 0 Å². The summed E-state index contributed by atoms with van der Waals surface area (Å²) < 4.78 is 30.0. The second kappa shape index (κ2) is 5.88. The van der Waals surface area contributed by atoms with Gasteiger partial charge in [0.15, 0.2) is 6.19 Å². The van der Waals surface area contributed by atoms with Gasteiger partial charge >= 0.3 is 5.97 Å². The minimum Gasteiger partial charge on any atom is -0.495 e. The van der Waals surface area contributed by atoms with Crippen LogP contribution in [0.25, 0.3) is 6.08 Å². The summed E-state index contributed by atoms with van der Waals surface area (Å²) in [5, 5.41) is 16.9. The second-order valence-electron chi connectivity index (χ2n) is 3.30. The van der Waals surface area contributed by atoms with Crippen molar-refractivity contribution in [2.45, 2.75) is 4.90 Å². The third-order valence-electron chi connectivity index (χ3n) is 2.08. The van der Waals surface area contributed by atoms with Gasteiger partial charge in [-0.3, -0.25) is 0 Å². The number of hydrogen-bond donors (Lipinski definition) is 2. The average molecular weight is 282 g/mol. The van der Waals surface area contributed by atoms with Crippen molar-refractivity contribution in [2.24, 2.45) is 0 Å². The second-order valence-corrected chi connectivity index (χ2v) is 4.95. The monoisotopic (exact) mass is 282 g/mol. The van der Waals surface area contributed by atoms with Crippen LogP contribution in [0.4, 0.5) is 0 Å². The molecule has 0 saturated heterocycles. The smallest absolute Gasteiger partial charge is 0.328 e. The molecule has 0 aliphatic heterocycles. The van der Waals surface area contributed by atoms with E-state index in [-0.39, 0.29) is 10.6 Å². The fourth-order valence-corrected chi connectivity index (χ4v) is 2.23. The lowest BCUT2D eigenvalue weighted by atomic mass is 10.2. The molecule has 0 amide bonds. The van der Waals surface area contributed by atoms with Gasteiger partial charge in [-0.25, -0.2) is 17.9 Å². The third-order valence-corrected chi connectivity index (χ3v) is 3.33. The largest absolute Gasteiger partial charge is 0.495 e. The van der Waals surface area contributed by atoms with Crippen LogP contribution < -0.4 is 9.46 Å². The molecule has 0 heterocycles. The summed E-state index contributed by atoms with van der Waals surface area (Å²) >= 11 is 0. The third kappa shape index (κ3) is 3.72. The molecule has 0 atom stereocenters. The van der Waals surface area contributed by atoms with Gasteiger partial charge in [0.2, 0.25) is 0 Å². The van der Waals surface area contributed by atoms with Crippen molar-refractivity contribution in [1.82, 2.24) is 4.72 Å². The first-order valence-corrected chi connectivity index (χ1v) is 6.39. The molecule has 0 spiro atoms. The summed E-state index contributed by atoms with van der Waals surface area (Å²) in [7, 11) is -2.75. The summed E-state index contributed by atoms with van der Waals surface area (Å²) in [6.45, 7) is 0. The lowest BCUT2D eigenvalue weighted by Crippen LogP contribution is -2.19. The van der Waals surface area contributed by atoms with E-state index in [1.54, 1.807) is 4.72 Å². The van der Waals surface area contributed by atoms with E-state index in [1.165, 1.54) is 37.6 Å². The highest BCUT2D eigenvalue weighted by molar-refractivity contribution is 7.89. The molecule has 0 radical (unpaired) electrons. The molecule has 8 heteroatoms. The fourth-order valence-electron chi connectivity index (χ4n) is 1.29. The van der Waals surface area contributed by atoms with Gasteiger partial charge in [-0.2, -0.15) is 5.26 Å². The molecular formula is C11H10N2O5S. The molecular weight excluding hydrogens is 272 g/mol. The Morgan fingerprint density at radius 3 is 2.74 bits per heavy atom. The van der Waals surface area contributed by atoms with Crippen LogP contribution in [0.3, 0.4) is 0 Å². The van der Waals surface area contributed by atoms with E-state index in [0.717, 1.165) is 6.08 Å². The molecule has 7 nitrogen and oxygen atoms in total. The van der Waals surface area contributed by atoms with E-state index >= 15 is 0 Å². The Morgan fingerprint density at radius 1 is 1.53 bits per heavy atom. The molecule has 19 heavy (non-hydrogen) atoms. The van der Waals surface area contributed by atoms with Crippen LogP contribution in [0.15, 0.2) is 29.2 Å². The SMILES string of the molecule is COc1ccc(C=CC(=O)O)cc1S(=O)(=O)NC#N. The first-order valence-electron chi connectivity index (χ1n) is 4.90. The van der Waals surface area contributed by atoms with Gasteiger partial charge in [-0.05, 0) is 23.8 Å². The number of benzene rings is 1. The van der Waals surface area contributed by atoms with Crippen LogP contribution in [0.1, 0.15) is 5.56 Å². The van der Waals surface area contributed by atoms with Gasteiger partial charge in [0.05, 0.1) is 7.11 Å². The molecule has 0 bridgehead atoms. The maximum absolute atomic E-state index is 11.7. The maximum Gasteiger partial charge on any atom is 0.328 e. The summed E-state index contributed by atoms with van der Waals surface area (Å²) in [5.74, 6) is -1.11. The van der Waals surface area contributed by atoms with Crippen LogP contribution in [-0.2, 0) is 14.8 Å². The first kappa shape index (κ1) is 14.5. The van der Waals surface area contributed by atoms with Gasteiger partial charge in [-0.1, -0.05) is 6.07 Å². The number of nitrogens with one attached hydrogen (secondary N) is 1. The summed E-state index contributed by atoms with van der Waals surface area (Å²) in [5.41, 5.74) is 0.349. The zero-order valence-corrected chi connectivity index (χ0v) is 10.6. The number of nitrogens with zero attached hydrogens (tertiary/aromatic N) is 1. The van der Waals surface area contributed by atoms with Crippen LogP contribution >= 0.6 is 0 Å².